The molecule has 0 bridgehead atoms. The zero-order valence-electron chi connectivity index (χ0n) is 22.5. The number of nitrogens with one attached hydrogen (secondary N) is 2. The van der Waals surface area contributed by atoms with Crippen molar-refractivity contribution in [2.24, 2.45) is 10.2 Å². The fraction of sp³-hybridized carbons (Fsp3) is 0.129. The number of rotatable bonds is 9. The third-order valence-electron chi connectivity index (χ3n) is 6.33. The minimum atomic E-state index is -0.433. The van der Waals surface area contributed by atoms with Crippen molar-refractivity contribution in [2.45, 2.75) is 6.92 Å². The summed E-state index contributed by atoms with van der Waals surface area (Å²) in [5, 5.41) is 8.59. The van der Waals surface area contributed by atoms with Gasteiger partial charge in [0, 0.05) is 5.56 Å². The molecule has 0 atom stereocenters. The number of nitrogens with zero attached hydrogens (tertiary/aromatic N) is 2. The van der Waals surface area contributed by atoms with E-state index in [0.29, 0.717) is 34.2 Å². The molecule has 1 heterocycles. The van der Waals surface area contributed by atoms with Crippen LogP contribution in [-0.4, -0.2) is 38.7 Å². The zero-order chi connectivity index (χ0) is 28.1. The maximum Gasteiger partial charge on any atom is 0.294 e. The number of hydrogen-bond acceptors (Lipinski definition) is 8. The highest BCUT2D eigenvalue weighted by Crippen LogP contribution is 2.38. The van der Waals surface area contributed by atoms with Crippen LogP contribution < -0.4 is 29.8 Å². The van der Waals surface area contributed by atoms with Gasteiger partial charge in [0.2, 0.25) is 5.75 Å². The Morgan fingerprint density at radius 3 is 2.10 bits per heavy atom. The monoisotopic (exact) mass is 536 g/mol. The summed E-state index contributed by atoms with van der Waals surface area (Å²) in [5.41, 5.74) is 10.4. The van der Waals surface area contributed by atoms with Crippen molar-refractivity contribution in [3.8, 4) is 39.9 Å². The number of hydrogen-bond donors (Lipinski definition) is 2. The van der Waals surface area contributed by atoms with E-state index in [4.69, 9.17) is 18.9 Å². The van der Waals surface area contributed by atoms with E-state index in [2.05, 4.69) is 21.1 Å². The van der Waals surface area contributed by atoms with E-state index in [1.165, 1.54) is 21.3 Å². The number of amides is 1. The van der Waals surface area contributed by atoms with Gasteiger partial charge in [-0.25, -0.2) is 5.43 Å². The van der Waals surface area contributed by atoms with Gasteiger partial charge in [-0.15, -0.1) is 0 Å². The molecular weight excluding hydrogens is 508 g/mol. The lowest BCUT2D eigenvalue weighted by molar-refractivity contribution is -0.114. The lowest BCUT2D eigenvalue weighted by atomic mass is 10.00. The van der Waals surface area contributed by atoms with Crippen LogP contribution in [-0.2, 0) is 4.79 Å². The second-order valence-corrected chi connectivity index (χ2v) is 8.86. The van der Waals surface area contributed by atoms with Crippen molar-refractivity contribution in [2.75, 3.05) is 26.8 Å². The summed E-state index contributed by atoms with van der Waals surface area (Å²) in [4.78, 5) is 12.6. The fourth-order valence-corrected chi connectivity index (χ4v) is 4.29. The lowest BCUT2D eigenvalue weighted by Gasteiger charge is -2.14. The molecule has 4 aromatic rings. The topological polar surface area (TPSA) is 103 Å². The molecule has 5 rings (SSSR count). The number of carbonyl (C=O) groups excluding carboxylic acids is 1. The highest BCUT2D eigenvalue weighted by atomic mass is 16.5. The number of carbonyl (C=O) groups is 1. The first-order valence-electron chi connectivity index (χ1n) is 12.5. The Balaban J connectivity index is 1.38. The lowest BCUT2D eigenvalue weighted by Crippen LogP contribution is -2.25. The van der Waals surface area contributed by atoms with Gasteiger partial charge >= 0.3 is 0 Å². The standard InChI is InChI=1S/C31H28N4O5/c1-19-10-13-22(18-25(19)20-11-14-24(15-12-20)40-23-8-6-5-7-9-23)32-34-29-28(33-35-31(29)36)21-16-26(37-2)30(39-4)27(17-21)38-3/h5-18,32H,1-4H3,(H,34,35,36). The first-order chi connectivity index (χ1) is 19.5. The van der Waals surface area contributed by atoms with Gasteiger partial charge in [0.1, 0.15) is 17.2 Å². The minimum absolute atomic E-state index is 0.124. The summed E-state index contributed by atoms with van der Waals surface area (Å²) in [7, 11) is 4.57. The van der Waals surface area contributed by atoms with Crippen molar-refractivity contribution in [1.82, 2.24) is 5.43 Å². The maximum atomic E-state index is 12.6. The average Bonchev–Trinajstić information content (AvgIpc) is 3.36. The molecule has 0 radical (unpaired) electrons. The molecule has 0 saturated heterocycles. The Labute approximate surface area is 232 Å². The second kappa shape index (κ2) is 11.6. The van der Waals surface area contributed by atoms with Crippen LogP contribution in [0, 0.1) is 6.92 Å². The van der Waals surface area contributed by atoms with Crippen LogP contribution in [0.2, 0.25) is 0 Å². The van der Waals surface area contributed by atoms with Crippen molar-refractivity contribution < 1.29 is 23.7 Å². The third kappa shape index (κ3) is 5.44. The van der Waals surface area contributed by atoms with Crippen molar-refractivity contribution in [3.63, 3.8) is 0 Å². The zero-order valence-corrected chi connectivity index (χ0v) is 22.5. The molecule has 1 amide bonds. The summed E-state index contributed by atoms with van der Waals surface area (Å²) < 4.78 is 22.2. The van der Waals surface area contributed by atoms with Crippen LogP contribution in [0.25, 0.3) is 11.1 Å². The predicted molar refractivity (Wildman–Crippen MR) is 155 cm³/mol. The Morgan fingerprint density at radius 2 is 1.45 bits per heavy atom. The molecule has 1 aliphatic rings. The molecule has 0 aromatic heterocycles. The summed E-state index contributed by atoms with van der Waals surface area (Å²) in [6.07, 6.45) is 0. The van der Waals surface area contributed by atoms with Crippen LogP contribution in [0.1, 0.15) is 11.1 Å². The maximum absolute atomic E-state index is 12.6. The SMILES string of the molecule is COc1cc(C2=NNC(=O)/C2=N/Nc2ccc(C)c(-c3ccc(Oc4ccccc4)cc3)c2)cc(OC)c1OC. The van der Waals surface area contributed by atoms with Gasteiger partial charge in [-0.1, -0.05) is 36.4 Å². The third-order valence-corrected chi connectivity index (χ3v) is 6.33. The van der Waals surface area contributed by atoms with Crippen LogP contribution in [0.4, 0.5) is 5.69 Å². The number of aryl methyl sites for hydroxylation is 1. The average molecular weight is 537 g/mol. The smallest absolute Gasteiger partial charge is 0.294 e. The van der Waals surface area contributed by atoms with E-state index >= 15 is 0 Å². The molecule has 9 heteroatoms. The molecule has 1 aliphatic heterocycles. The fourth-order valence-electron chi connectivity index (χ4n) is 4.29. The molecule has 2 N–H and O–H groups in total. The van der Waals surface area contributed by atoms with Crippen molar-refractivity contribution >= 4 is 23.0 Å². The molecule has 9 nitrogen and oxygen atoms in total. The van der Waals surface area contributed by atoms with Gasteiger partial charge in [-0.3, -0.25) is 10.2 Å². The summed E-state index contributed by atoms with van der Waals surface area (Å²) in [5.74, 6) is 2.41. The van der Waals surface area contributed by atoms with Gasteiger partial charge in [0.05, 0.1) is 27.0 Å². The van der Waals surface area contributed by atoms with E-state index in [9.17, 15) is 4.79 Å². The Bertz CT molecular complexity index is 1570. The van der Waals surface area contributed by atoms with Crippen molar-refractivity contribution in [1.29, 1.82) is 0 Å². The summed E-state index contributed by atoms with van der Waals surface area (Å²) in [6, 6.07) is 26.8. The molecule has 40 heavy (non-hydrogen) atoms. The predicted octanol–water partition coefficient (Wildman–Crippen LogP) is 5.78. The van der Waals surface area contributed by atoms with Gasteiger partial charge in [-0.05, 0) is 72.1 Å². The first-order valence-corrected chi connectivity index (χ1v) is 12.5. The Morgan fingerprint density at radius 1 is 0.775 bits per heavy atom. The number of methoxy groups -OCH3 is 3. The number of hydrazone groups is 2. The van der Waals surface area contributed by atoms with Crippen molar-refractivity contribution in [3.05, 3.63) is 96.1 Å². The van der Waals surface area contributed by atoms with Gasteiger partial charge in [-0.2, -0.15) is 10.2 Å². The highest BCUT2D eigenvalue weighted by molar-refractivity contribution is 6.72. The summed E-state index contributed by atoms with van der Waals surface area (Å²) >= 11 is 0. The molecule has 0 saturated carbocycles. The van der Waals surface area contributed by atoms with Gasteiger partial charge in [0.25, 0.3) is 5.91 Å². The number of para-hydroxylation sites is 1. The van der Waals surface area contributed by atoms with Crippen LogP contribution in [0.5, 0.6) is 28.7 Å². The van der Waals surface area contributed by atoms with Crippen LogP contribution >= 0.6 is 0 Å². The Hall–Kier alpha value is -5.31. The van der Waals surface area contributed by atoms with E-state index in [0.717, 1.165) is 28.2 Å². The van der Waals surface area contributed by atoms with Crippen LogP contribution in [0.3, 0.4) is 0 Å². The molecule has 0 aliphatic carbocycles. The first kappa shape index (κ1) is 26.3. The van der Waals surface area contributed by atoms with Gasteiger partial charge < -0.3 is 18.9 Å². The Kier molecular flexibility index (Phi) is 7.63. The molecule has 0 fully saturated rings. The van der Waals surface area contributed by atoms with E-state index in [1.54, 1.807) is 12.1 Å². The number of benzene rings is 4. The minimum Gasteiger partial charge on any atom is -0.493 e. The number of ether oxygens (including phenoxy) is 4. The molecule has 0 unspecified atom stereocenters. The normalized spacial score (nSPS) is 13.4. The van der Waals surface area contributed by atoms with E-state index < -0.39 is 5.91 Å². The highest BCUT2D eigenvalue weighted by Gasteiger charge is 2.28. The van der Waals surface area contributed by atoms with Crippen LogP contribution in [0.15, 0.2) is 95.1 Å². The molecule has 0 spiro atoms. The molecule has 202 valence electrons. The van der Waals surface area contributed by atoms with Gasteiger partial charge in [0.15, 0.2) is 17.2 Å². The summed E-state index contributed by atoms with van der Waals surface area (Å²) in [6.45, 7) is 2.04. The molecule has 4 aromatic carbocycles. The largest absolute Gasteiger partial charge is 0.493 e. The quantitative estimate of drug-likeness (QED) is 0.263. The second-order valence-electron chi connectivity index (χ2n) is 8.86. The van der Waals surface area contributed by atoms with E-state index in [-0.39, 0.29) is 5.71 Å². The number of anilines is 1. The van der Waals surface area contributed by atoms with E-state index in [1.807, 2.05) is 79.7 Å². The molecular formula is C31H28N4O5.